The maximum Gasteiger partial charge on any atom is 0.174 e. The summed E-state index contributed by atoms with van der Waals surface area (Å²) < 4.78 is 11.4. The number of benzene rings is 1. The second kappa shape index (κ2) is 5.25. The van der Waals surface area contributed by atoms with Crippen LogP contribution >= 0.6 is 15.9 Å². The summed E-state index contributed by atoms with van der Waals surface area (Å²) in [6.07, 6.45) is 2.18. The lowest BCUT2D eigenvalue weighted by molar-refractivity contribution is 0.352. The summed E-state index contributed by atoms with van der Waals surface area (Å²) in [6, 6.07) is 4.10. The van der Waals surface area contributed by atoms with Gasteiger partial charge in [-0.05, 0) is 40.0 Å². The molecule has 0 fully saturated rings. The van der Waals surface area contributed by atoms with Crippen LogP contribution in [0.1, 0.15) is 18.9 Å². The highest BCUT2D eigenvalue weighted by Gasteiger charge is 2.09. The summed E-state index contributed by atoms with van der Waals surface area (Å²) in [5.74, 6) is 1.54. The molecular weight excluding hydrogens is 244 g/mol. The van der Waals surface area contributed by atoms with Gasteiger partial charge in [-0.25, -0.2) is 0 Å². The van der Waals surface area contributed by atoms with Gasteiger partial charge in [0.2, 0.25) is 0 Å². The van der Waals surface area contributed by atoms with E-state index in [2.05, 4.69) is 28.9 Å². The molecule has 0 saturated carbocycles. The smallest absolute Gasteiger partial charge is 0.174 e. The van der Waals surface area contributed by atoms with Gasteiger partial charge in [-0.1, -0.05) is 13.3 Å². The first-order valence-electron chi connectivity index (χ1n) is 4.63. The largest absolute Gasteiger partial charge is 0.493 e. The van der Waals surface area contributed by atoms with Crippen LogP contribution in [0.4, 0.5) is 0 Å². The Morgan fingerprint density at radius 1 is 1.21 bits per heavy atom. The van der Waals surface area contributed by atoms with Gasteiger partial charge < -0.3 is 9.47 Å². The lowest BCUT2D eigenvalue weighted by Gasteiger charge is -2.11. The Morgan fingerprint density at radius 3 is 2.43 bits per heavy atom. The minimum Gasteiger partial charge on any atom is -0.493 e. The molecule has 0 amide bonds. The Hall–Kier alpha value is -0.700. The summed E-state index contributed by atoms with van der Waals surface area (Å²) in [6.45, 7) is 2.16. The molecule has 2 nitrogen and oxygen atoms in total. The third-order valence-electron chi connectivity index (χ3n) is 2.03. The number of hydrogen-bond donors (Lipinski definition) is 0. The molecule has 14 heavy (non-hydrogen) atoms. The van der Waals surface area contributed by atoms with Gasteiger partial charge in [0, 0.05) is 0 Å². The Kier molecular flexibility index (Phi) is 4.26. The van der Waals surface area contributed by atoms with Gasteiger partial charge in [0.15, 0.2) is 11.5 Å². The predicted octanol–water partition coefficient (Wildman–Crippen LogP) is 3.42. The fourth-order valence-corrected chi connectivity index (χ4v) is 2.06. The van der Waals surface area contributed by atoms with Crippen molar-refractivity contribution >= 4 is 15.9 Å². The minimum absolute atomic E-state index is 0.757. The van der Waals surface area contributed by atoms with Crippen molar-refractivity contribution in [2.45, 2.75) is 19.8 Å². The zero-order chi connectivity index (χ0) is 10.6. The number of ether oxygens (including phenoxy) is 2. The van der Waals surface area contributed by atoms with Crippen LogP contribution in [0.25, 0.3) is 0 Å². The molecule has 78 valence electrons. The average Bonchev–Trinajstić information content (AvgIpc) is 2.17. The SMILES string of the molecule is CCCc1cc(Br)c(OC)c(OC)c1. The molecule has 0 saturated heterocycles. The average molecular weight is 259 g/mol. The molecular formula is C11H15BrO2. The van der Waals surface area contributed by atoms with Crippen LogP contribution in [0.15, 0.2) is 16.6 Å². The molecule has 0 aromatic heterocycles. The van der Waals surface area contributed by atoms with Gasteiger partial charge in [-0.15, -0.1) is 0 Å². The topological polar surface area (TPSA) is 18.5 Å². The van der Waals surface area contributed by atoms with E-state index in [1.54, 1.807) is 14.2 Å². The maximum absolute atomic E-state index is 5.25. The van der Waals surface area contributed by atoms with Crippen LogP contribution in [-0.2, 0) is 6.42 Å². The van der Waals surface area contributed by atoms with E-state index in [9.17, 15) is 0 Å². The lowest BCUT2D eigenvalue weighted by atomic mass is 10.1. The number of rotatable bonds is 4. The number of aryl methyl sites for hydroxylation is 1. The van der Waals surface area contributed by atoms with Crippen LogP contribution in [0.2, 0.25) is 0 Å². The summed E-state index contributed by atoms with van der Waals surface area (Å²) >= 11 is 3.46. The van der Waals surface area contributed by atoms with E-state index in [0.29, 0.717) is 0 Å². The van der Waals surface area contributed by atoms with Crippen molar-refractivity contribution in [3.8, 4) is 11.5 Å². The van der Waals surface area contributed by atoms with E-state index in [-0.39, 0.29) is 0 Å². The molecule has 0 radical (unpaired) electrons. The van der Waals surface area contributed by atoms with Gasteiger partial charge in [0.1, 0.15) is 0 Å². The molecule has 3 heteroatoms. The molecule has 0 aliphatic rings. The van der Waals surface area contributed by atoms with Crippen molar-refractivity contribution in [1.82, 2.24) is 0 Å². The molecule has 1 aromatic carbocycles. The molecule has 0 unspecified atom stereocenters. The van der Waals surface area contributed by atoms with Gasteiger partial charge >= 0.3 is 0 Å². The first-order chi connectivity index (χ1) is 6.72. The fourth-order valence-electron chi connectivity index (χ4n) is 1.40. The molecule has 0 spiro atoms. The molecule has 1 aromatic rings. The van der Waals surface area contributed by atoms with Crippen LogP contribution < -0.4 is 9.47 Å². The van der Waals surface area contributed by atoms with E-state index in [0.717, 1.165) is 28.8 Å². The molecule has 0 bridgehead atoms. The van der Waals surface area contributed by atoms with E-state index in [1.165, 1.54) is 5.56 Å². The molecule has 1 rings (SSSR count). The van der Waals surface area contributed by atoms with Crippen LogP contribution in [-0.4, -0.2) is 14.2 Å². The van der Waals surface area contributed by atoms with Crippen molar-refractivity contribution in [3.63, 3.8) is 0 Å². The normalized spacial score (nSPS) is 10.0. The maximum atomic E-state index is 5.25. The van der Waals surface area contributed by atoms with Crippen molar-refractivity contribution in [3.05, 3.63) is 22.2 Å². The van der Waals surface area contributed by atoms with Crippen molar-refractivity contribution < 1.29 is 9.47 Å². The van der Waals surface area contributed by atoms with Crippen LogP contribution in [0.3, 0.4) is 0 Å². The molecule has 0 aliphatic carbocycles. The summed E-state index contributed by atoms with van der Waals surface area (Å²) in [7, 11) is 3.29. The first-order valence-corrected chi connectivity index (χ1v) is 5.42. The Bertz CT molecular complexity index is 310. The number of halogens is 1. The fraction of sp³-hybridized carbons (Fsp3) is 0.455. The van der Waals surface area contributed by atoms with Crippen molar-refractivity contribution in [1.29, 1.82) is 0 Å². The summed E-state index contributed by atoms with van der Waals surface area (Å²) in [5.41, 5.74) is 1.26. The number of methoxy groups -OCH3 is 2. The minimum atomic E-state index is 0.757. The van der Waals surface area contributed by atoms with E-state index >= 15 is 0 Å². The number of hydrogen-bond acceptors (Lipinski definition) is 2. The van der Waals surface area contributed by atoms with E-state index in [1.807, 2.05) is 6.07 Å². The molecule has 0 N–H and O–H groups in total. The first kappa shape index (κ1) is 11.4. The van der Waals surface area contributed by atoms with Crippen molar-refractivity contribution in [2.24, 2.45) is 0 Å². The Morgan fingerprint density at radius 2 is 1.93 bits per heavy atom. The third-order valence-corrected chi connectivity index (χ3v) is 2.62. The van der Waals surface area contributed by atoms with Gasteiger partial charge in [-0.3, -0.25) is 0 Å². The zero-order valence-corrected chi connectivity index (χ0v) is 10.3. The van der Waals surface area contributed by atoms with Gasteiger partial charge in [0.05, 0.1) is 18.7 Å². The standard InChI is InChI=1S/C11H15BrO2/c1-4-5-8-6-9(12)11(14-3)10(7-8)13-2/h6-7H,4-5H2,1-3H3. The monoisotopic (exact) mass is 258 g/mol. The molecule has 0 heterocycles. The van der Waals surface area contributed by atoms with Crippen molar-refractivity contribution in [2.75, 3.05) is 14.2 Å². The second-order valence-electron chi connectivity index (χ2n) is 3.06. The van der Waals surface area contributed by atoms with Crippen LogP contribution in [0, 0.1) is 0 Å². The highest BCUT2D eigenvalue weighted by Crippen LogP contribution is 2.36. The molecule has 0 atom stereocenters. The predicted molar refractivity (Wildman–Crippen MR) is 61.2 cm³/mol. The second-order valence-corrected chi connectivity index (χ2v) is 3.92. The van der Waals surface area contributed by atoms with E-state index in [4.69, 9.17) is 9.47 Å². The highest BCUT2D eigenvalue weighted by molar-refractivity contribution is 9.10. The van der Waals surface area contributed by atoms with E-state index < -0.39 is 0 Å². The third kappa shape index (κ3) is 2.41. The Balaban J connectivity index is 3.10. The van der Waals surface area contributed by atoms with Crippen LogP contribution in [0.5, 0.6) is 11.5 Å². The zero-order valence-electron chi connectivity index (χ0n) is 8.76. The summed E-state index contributed by atoms with van der Waals surface area (Å²) in [4.78, 5) is 0. The Labute approximate surface area is 93.4 Å². The highest BCUT2D eigenvalue weighted by atomic mass is 79.9. The quantitative estimate of drug-likeness (QED) is 0.824. The summed E-state index contributed by atoms with van der Waals surface area (Å²) in [5, 5.41) is 0. The van der Waals surface area contributed by atoms with Gasteiger partial charge in [0.25, 0.3) is 0 Å². The lowest BCUT2D eigenvalue weighted by Crippen LogP contribution is -1.94. The van der Waals surface area contributed by atoms with Gasteiger partial charge in [-0.2, -0.15) is 0 Å². The molecule has 0 aliphatic heterocycles.